The number of para-hydroxylation sites is 1. The van der Waals surface area contributed by atoms with E-state index < -0.39 is 0 Å². The topological polar surface area (TPSA) is 74.3 Å². The molecule has 6 nitrogen and oxygen atoms in total. The molecule has 2 aromatic rings. The average Bonchev–Trinajstić information content (AvgIpc) is 3.15. The number of aromatic nitrogens is 1. The van der Waals surface area contributed by atoms with Gasteiger partial charge in [-0.3, -0.25) is 14.5 Å². The van der Waals surface area contributed by atoms with Crippen LogP contribution in [0.15, 0.2) is 30.5 Å². The van der Waals surface area contributed by atoms with E-state index in [2.05, 4.69) is 27.4 Å². The quantitative estimate of drug-likeness (QED) is 0.850. The molecule has 0 spiro atoms. The van der Waals surface area contributed by atoms with Gasteiger partial charge in [-0.25, -0.2) is 4.98 Å². The number of anilines is 1. The minimum atomic E-state index is -0.131. The van der Waals surface area contributed by atoms with Crippen molar-refractivity contribution >= 4 is 28.8 Å². The van der Waals surface area contributed by atoms with Crippen molar-refractivity contribution in [1.29, 1.82) is 0 Å². The molecule has 4 heterocycles. The van der Waals surface area contributed by atoms with Gasteiger partial charge in [-0.05, 0) is 50.9 Å². The van der Waals surface area contributed by atoms with Crippen LogP contribution < -0.4 is 10.6 Å². The van der Waals surface area contributed by atoms with E-state index in [1.807, 2.05) is 24.3 Å². The zero-order valence-corrected chi connectivity index (χ0v) is 16.4. The summed E-state index contributed by atoms with van der Waals surface area (Å²) < 4.78 is 0. The normalized spacial score (nSPS) is 26.6. The van der Waals surface area contributed by atoms with Gasteiger partial charge in [0.05, 0.1) is 11.9 Å². The van der Waals surface area contributed by atoms with Crippen molar-refractivity contribution in [2.24, 2.45) is 5.92 Å². The summed E-state index contributed by atoms with van der Waals surface area (Å²) >= 11 is 1.36. The van der Waals surface area contributed by atoms with Gasteiger partial charge in [-0.1, -0.05) is 12.1 Å². The van der Waals surface area contributed by atoms with Crippen LogP contribution >= 0.6 is 11.3 Å². The first kappa shape index (κ1) is 18.1. The van der Waals surface area contributed by atoms with Crippen LogP contribution in [0.5, 0.6) is 0 Å². The van der Waals surface area contributed by atoms with Crippen molar-refractivity contribution in [1.82, 2.24) is 15.2 Å². The SMILES string of the molecule is CC(=O)Nc1ccccc1-c1ncc(C(=O)N[C@@H]2C3CCN(CC3)[C@@H]2C)s1. The molecule has 3 aliphatic heterocycles. The first-order chi connectivity index (χ1) is 13.0. The molecule has 2 N–H and O–H groups in total. The van der Waals surface area contributed by atoms with Gasteiger partial charge in [-0.2, -0.15) is 0 Å². The molecule has 3 aliphatic rings. The maximum absolute atomic E-state index is 12.8. The molecule has 2 amide bonds. The Hall–Kier alpha value is -2.25. The third kappa shape index (κ3) is 3.61. The zero-order chi connectivity index (χ0) is 19.0. The predicted octanol–water partition coefficient (Wildman–Crippen LogP) is 2.98. The minimum Gasteiger partial charge on any atom is -0.347 e. The summed E-state index contributed by atoms with van der Waals surface area (Å²) in [5.41, 5.74) is 1.53. The van der Waals surface area contributed by atoms with Crippen LogP contribution in [0.1, 0.15) is 36.4 Å². The van der Waals surface area contributed by atoms with Gasteiger partial charge < -0.3 is 10.6 Å². The monoisotopic (exact) mass is 384 g/mol. The summed E-state index contributed by atoms with van der Waals surface area (Å²) in [5.74, 6) is 0.386. The largest absolute Gasteiger partial charge is 0.347 e. The predicted molar refractivity (Wildman–Crippen MR) is 107 cm³/mol. The molecule has 0 radical (unpaired) electrons. The van der Waals surface area contributed by atoms with E-state index in [-0.39, 0.29) is 17.9 Å². The molecule has 2 bridgehead atoms. The molecule has 7 heteroatoms. The fourth-order valence-electron chi connectivity index (χ4n) is 4.24. The number of piperidine rings is 3. The third-order valence-corrected chi connectivity index (χ3v) is 6.70. The van der Waals surface area contributed by atoms with E-state index in [1.165, 1.54) is 18.3 Å². The van der Waals surface area contributed by atoms with Crippen LogP contribution in [0.25, 0.3) is 10.6 Å². The highest BCUT2D eigenvalue weighted by molar-refractivity contribution is 7.17. The number of nitrogens with one attached hydrogen (secondary N) is 2. The van der Waals surface area contributed by atoms with Crippen LogP contribution in [0, 0.1) is 5.92 Å². The van der Waals surface area contributed by atoms with E-state index in [0.29, 0.717) is 22.5 Å². The Kier molecular flexibility index (Phi) is 4.97. The molecule has 1 aromatic heterocycles. The van der Waals surface area contributed by atoms with Gasteiger partial charge in [0.2, 0.25) is 5.91 Å². The van der Waals surface area contributed by atoms with Gasteiger partial charge in [0.1, 0.15) is 9.88 Å². The smallest absolute Gasteiger partial charge is 0.263 e. The van der Waals surface area contributed by atoms with E-state index in [1.54, 1.807) is 6.20 Å². The van der Waals surface area contributed by atoms with E-state index in [4.69, 9.17) is 0 Å². The highest BCUT2D eigenvalue weighted by Gasteiger charge is 2.40. The fraction of sp³-hybridized carbons (Fsp3) is 0.450. The first-order valence-electron chi connectivity index (χ1n) is 9.40. The number of nitrogens with zero attached hydrogens (tertiary/aromatic N) is 2. The second-order valence-electron chi connectivity index (χ2n) is 7.37. The summed E-state index contributed by atoms with van der Waals surface area (Å²) in [6.07, 6.45) is 3.95. The highest BCUT2D eigenvalue weighted by Crippen LogP contribution is 2.34. The number of carbonyl (C=O) groups excluding carboxylic acids is 2. The molecule has 3 saturated heterocycles. The lowest BCUT2D eigenvalue weighted by Gasteiger charge is -2.49. The molecule has 0 unspecified atom stereocenters. The molecular formula is C20H24N4O2S. The molecule has 142 valence electrons. The number of thiazole rings is 1. The van der Waals surface area contributed by atoms with E-state index in [0.717, 1.165) is 36.5 Å². The Bertz CT molecular complexity index is 855. The second-order valence-corrected chi connectivity index (χ2v) is 8.40. The Morgan fingerprint density at radius 3 is 2.67 bits per heavy atom. The van der Waals surface area contributed by atoms with Crippen LogP contribution in [0.2, 0.25) is 0 Å². The lowest BCUT2D eigenvalue weighted by molar-refractivity contribution is -0.114. The van der Waals surface area contributed by atoms with Gasteiger partial charge in [-0.15, -0.1) is 11.3 Å². The van der Waals surface area contributed by atoms with Crippen molar-refractivity contribution in [2.45, 2.75) is 38.8 Å². The number of rotatable bonds is 4. The van der Waals surface area contributed by atoms with Crippen LogP contribution in [0.4, 0.5) is 5.69 Å². The number of carbonyl (C=O) groups is 2. The Balaban J connectivity index is 1.51. The van der Waals surface area contributed by atoms with Gasteiger partial charge in [0, 0.05) is 24.6 Å². The molecule has 3 fully saturated rings. The molecule has 0 saturated carbocycles. The van der Waals surface area contributed by atoms with Gasteiger partial charge >= 0.3 is 0 Å². The Morgan fingerprint density at radius 2 is 1.96 bits per heavy atom. The van der Waals surface area contributed by atoms with Crippen molar-refractivity contribution in [2.75, 3.05) is 18.4 Å². The van der Waals surface area contributed by atoms with Gasteiger partial charge in [0.25, 0.3) is 5.91 Å². The van der Waals surface area contributed by atoms with E-state index >= 15 is 0 Å². The fourth-order valence-corrected chi connectivity index (χ4v) is 5.10. The Morgan fingerprint density at radius 1 is 1.22 bits per heavy atom. The van der Waals surface area contributed by atoms with Crippen molar-refractivity contribution in [3.63, 3.8) is 0 Å². The summed E-state index contributed by atoms with van der Waals surface area (Å²) in [4.78, 5) is 31.7. The summed E-state index contributed by atoms with van der Waals surface area (Å²) in [7, 11) is 0. The van der Waals surface area contributed by atoms with Crippen LogP contribution in [-0.4, -0.2) is 46.9 Å². The third-order valence-electron chi connectivity index (χ3n) is 5.67. The second kappa shape index (κ2) is 7.40. The summed E-state index contributed by atoms with van der Waals surface area (Å²) in [6, 6.07) is 8.10. The van der Waals surface area contributed by atoms with Crippen molar-refractivity contribution in [3.05, 3.63) is 35.3 Å². The maximum atomic E-state index is 12.8. The number of hydrogen-bond donors (Lipinski definition) is 2. The van der Waals surface area contributed by atoms with E-state index in [9.17, 15) is 9.59 Å². The molecule has 1 aromatic carbocycles. The summed E-state index contributed by atoms with van der Waals surface area (Å²) in [5, 5.41) is 6.80. The number of fused-ring (bicyclic) bond motifs is 3. The molecule has 5 rings (SSSR count). The number of amides is 2. The lowest BCUT2D eigenvalue weighted by atomic mass is 9.79. The standard InChI is InChI=1S/C20H24N4O2S/c1-12-18(14-7-9-24(12)10-8-14)23-19(26)17-11-21-20(27-17)15-5-3-4-6-16(15)22-13(2)25/h3-6,11-12,14,18H,7-10H2,1-2H3,(H,22,25)(H,23,26)/t12-,18+/m1/s1. The van der Waals surface area contributed by atoms with Crippen molar-refractivity contribution in [3.8, 4) is 10.6 Å². The van der Waals surface area contributed by atoms with Gasteiger partial charge in [0.15, 0.2) is 0 Å². The molecule has 2 atom stereocenters. The average molecular weight is 385 g/mol. The lowest BCUT2D eigenvalue weighted by Crippen LogP contribution is -2.62. The maximum Gasteiger partial charge on any atom is 0.263 e. The first-order valence-corrected chi connectivity index (χ1v) is 10.2. The van der Waals surface area contributed by atoms with Crippen molar-refractivity contribution < 1.29 is 9.59 Å². The van der Waals surface area contributed by atoms with Crippen LogP contribution in [-0.2, 0) is 4.79 Å². The molecule has 0 aliphatic carbocycles. The molecule has 27 heavy (non-hydrogen) atoms. The number of hydrogen-bond acceptors (Lipinski definition) is 5. The summed E-state index contributed by atoms with van der Waals surface area (Å²) in [6.45, 7) is 5.97. The minimum absolute atomic E-state index is 0.0543. The number of benzene rings is 1. The highest BCUT2D eigenvalue weighted by atomic mass is 32.1. The van der Waals surface area contributed by atoms with Crippen LogP contribution in [0.3, 0.4) is 0 Å². The Labute approximate surface area is 163 Å². The molecular weight excluding hydrogens is 360 g/mol. The zero-order valence-electron chi connectivity index (χ0n) is 15.6.